The molecule has 2 rings (SSSR count). The van der Waals surface area contributed by atoms with Crippen LogP contribution in [0.3, 0.4) is 0 Å². The fraction of sp³-hybridized carbons (Fsp3) is 0.571. The van der Waals surface area contributed by atoms with Crippen molar-refractivity contribution in [3.63, 3.8) is 0 Å². The molecule has 2 nitrogen and oxygen atoms in total. The highest BCUT2D eigenvalue weighted by Crippen LogP contribution is 2.38. The van der Waals surface area contributed by atoms with Gasteiger partial charge in [0.05, 0.1) is 4.87 Å². The molecule has 0 spiro atoms. The lowest BCUT2D eigenvalue weighted by Crippen LogP contribution is -2.44. The summed E-state index contributed by atoms with van der Waals surface area (Å²) in [7, 11) is 4.15. The van der Waals surface area contributed by atoms with Crippen LogP contribution >= 0.6 is 11.8 Å². The van der Waals surface area contributed by atoms with E-state index >= 15 is 0 Å². The van der Waals surface area contributed by atoms with Crippen LogP contribution in [-0.4, -0.2) is 26.4 Å². The van der Waals surface area contributed by atoms with Gasteiger partial charge in [0, 0.05) is 26.3 Å². The van der Waals surface area contributed by atoms with Crippen molar-refractivity contribution in [3.8, 4) is 0 Å². The number of rotatable bonds is 2. The number of nitrogens with zero attached hydrogens (tertiary/aromatic N) is 1. The SMILES string of the molecule is CC1CNC(C)(c2ccc(N(C)C)cc2)SC1. The molecule has 0 bridgehead atoms. The number of anilines is 1. The normalized spacial score (nSPS) is 29.1. The molecule has 0 aromatic heterocycles. The van der Waals surface area contributed by atoms with Gasteiger partial charge in [0.1, 0.15) is 0 Å². The molecule has 0 amide bonds. The quantitative estimate of drug-likeness (QED) is 0.869. The molecule has 1 fully saturated rings. The zero-order valence-corrected chi connectivity index (χ0v) is 12.0. The van der Waals surface area contributed by atoms with Crippen LogP contribution in [0.25, 0.3) is 0 Å². The minimum absolute atomic E-state index is 0.0807. The van der Waals surface area contributed by atoms with Gasteiger partial charge in [-0.25, -0.2) is 0 Å². The molecule has 1 aliphatic rings. The van der Waals surface area contributed by atoms with Crippen molar-refractivity contribution < 1.29 is 0 Å². The van der Waals surface area contributed by atoms with Gasteiger partial charge in [-0.05, 0) is 36.3 Å². The molecule has 0 radical (unpaired) electrons. The van der Waals surface area contributed by atoms with E-state index in [9.17, 15) is 0 Å². The summed E-state index contributed by atoms with van der Waals surface area (Å²) in [6, 6.07) is 8.87. The van der Waals surface area contributed by atoms with Crippen molar-refractivity contribution >= 4 is 17.4 Å². The van der Waals surface area contributed by atoms with Crippen LogP contribution < -0.4 is 10.2 Å². The monoisotopic (exact) mass is 250 g/mol. The lowest BCUT2D eigenvalue weighted by molar-refractivity contribution is 0.443. The second kappa shape index (κ2) is 4.91. The number of benzene rings is 1. The van der Waals surface area contributed by atoms with Crippen molar-refractivity contribution in [2.24, 2.45) is 5.92 Å². The third-order valence-corrected chi connectivity index (χ3v) is 5.07. The highest BCUT2D eigenvalue weighted by Gasteiger charge is 2.31. The maximum Gasteiger partial charge on any atom is 0.0873 e. The molecule has 0 saturated carbocycles. The Bertz CT molecular complexity index is 364. The van der Waals surface area contributed by atoms with E-state index in [2.05, 4.69) is 62.4 Å². The molecule has 2 atom stereocenters. The van der Waals surface area contributed by atoms with E-state index in [-0.39, 0.29) is 4.87 Å². The molecule has 2 unspecified atom stereocenters. The molecular formula is C14H22N2S. The average Bonchev–Trinajstić information content (AvgIpc) is 2.33. The van der Waals surface area contributed by atoms with Gasteiger partial charge in [-0.1, -0.05) is 19.1 Å². The Hall–Kier alpha value is -0.670. The van der Waals surface area contributed by atoms with Gasteiger partial charge >= 0.3 is 0 Å². The fourth-order valence-electron chi connectivity index (χ4n) is 2.05. The largest absolute Gasteiger partial charge is 0.378 e. The molecule has 1 N–H and O–H groups in total. The van der Waals surface area contributed by atoms with Crippen LogP contribution in [0.5, 0.6) is 0 Å². The number of nitrogens with one attached hydrogen (secondary N) is 1. The summed E-state index contributed by atoms with van der Waals surface area (Å²) >= 11 is 2.02. The Balaban J connectivity index is 2.16. The van der Waals surface area contributed by atoms with Crippen LogP contribution in [0.4, 0.5) is 5.69 Å². The molecule has 1 aliphatic heterocycles. The molecule has 94 valence electrons. The third kappa shape index (κ3) is 2.78. The Morgan fingerprint density at radius 2 is 1.94 bits per heavy atom. The van der Waals surface area contributed by atoms with Crippen LogP contribution in [0.15, 0.2) is 24.3 Å². The van der Waals surface area contributed by atoms with Gasteiger partial charge in [-0.3, -0.25) is 5.32 Å². The smallest absolute Gasteiger partial charge is 0.0873 e. The predicted octanol–water partition coefficient (Wildman–Crippen LogP) is 2.90. The number of hydrogen-bond donors (Lipinski definition) is 1. The topological polar surface area (TPSA) is 15.3 Å². The van der Waals surface area contributed by atoms with Gasteiger partial charge in [0.15, 0.2) is 0 Å². The first-order valence-corrected chi connectivity index (χ1v) is 7.17. The third-order valence-electron chi connectivity index (χ3n) is 3.38. The van der Waals surface area contributed by atoms with Crippen LogP contribution in [0.2, 0.25) is 0 Å². The lowest BCUT2D eigenvalue weighted by atomic mass is 10.1. The highest BCUT2D eigenvalue weighted by atomic mass is 32.2. The van der Waals surface area contributed by atoms with Crippen molar-refractivity contribution in [1.29, 1.82) is 0 Å². The van der Waals surface area contributed by atoms with Gasteiger partial charge < -0.3 is 4.90 Å². The molecule has 1 aromatic carbocycles. The van der Waals surface area contributed by atoms with Gasteiger partial charge in [0.2, 0.25) is 0 Å². The number of thioether (sulfide) groups is 1. The maximum absolute atomic E-state index is 3.66. The fourth-order valence-corrected chi connectivity index (χ4v) is 3.27. The summed E-state index contributed by atoms with van der Waals surface area (Å²) in [4.78, 5) is 2.22. The first-order chi connectivity index (χ1) is 8.01. The first-order valence-electron chi connectivity index (χ1n) is 6.18. The summed E-state index contributed by atoms with van der Waals surface area (Å²) in [6.07, 6.45) is 0. The van der Waals surface area contributed by atoms with E-state index in [4.69, 9.17) is 0 Å². The average molecular weight is 250 g/mol. The Morgan fingerprint density at radius 1 is 1.29 bits per heavy atom. The van der Waals surface area contributed by atoms with E-state index in [1.54, 1.807) is 0 Å². The van der Waals surface area contributed by atoms with Crippen molar-refractivity contribution in [1.82, 2.24) is 5.32 Å². The van der Waals surface area contributed by atoms with E-state index in [1.165, 1.54) is 17.0 Å². The second-order valence-electron chi connectivity index (χ2n) is 5.27. The molecule has 17 heavy (non-hydrogen) atoms. The molecule has 1 heterocycles. The predicted molar refractivity (Wildman–Crippen MR) is 77.7 cm³/mol. The number of hydrogen-bond acceptors (Lipinski definition) is 3. The van der Waals surface area contributed by atoms with Crippen molar-refractivity contribution in [2.75, 3.05) is 31.3 Å². The lowest BCUT2D eigenvalue weighted by Gasteiger charge is -2.37. The standard InChI is InChI=1S/C14H22N2S/c1-11-9-15-14(2,17-10-11)12-5-7-13(8-6-12)16(3)4/h5-8,11,15H,9-10H2,1-4H3. The minimum atomic E-state index is 0.0807. The van der Waals surface area contributed by atoms with E-state index in [0.29, 0.717) is 0 Å². The Morgan fingerprint density at radius 3 is 2.41 bits per heavy atom. The van der Waals surface area contributed by atoms with Crippen LogP contribution in [0.1, 0.15) is 19.4 Å². The van der Waals surface area contributed by atoms with Gasteiger partial charge in [-0.15, -0.1) is 11.8 Å². The van der Waals surface area contributed by atoms with Crippen LogP contribution in [0, 0.1) is 5.92 Å². The van der Waals surface area contributed by atoms with Crippen LogP contribution in [-0.2, 0) is 4.87 Å². The minimum Gasteiger partial charge on any atom is -0.378 e. The summed E-state index contributed by atoms with van der Waals surface area (Å²) in [5, 5.41) is 3.66. The Kier molecular flexibility index (Phi) is 3.69. The van der Waals surface area contributed by atoms with Gasteiger partial charge in [0.25, 0.3) is 0 Å². The van der Waals surface area contributed by atoms with E-state index in [0.717, 1.165) is 12.5 Å². The zero-order valence-electron chi connectivity index (χ0n) is 11.2. The zero-order chi connectivity index (χ0) is 12.5. The van der Waals surface area contributed by atoms with E-state index < -0.39 is 0 Å². The maximum atomic E-state index is 3.66. The summed E-state index contributed by atoms with van der Waals surface area (Å²) in [6.45, 7) is 5.70. The second-order valence-corrected chi connectivity index (χ2v) is 6.71. The van der Waals surface area contributed by atoms with Gasteiger partial charge in [-0.2, -0.15) is 0 Å². The van der Waals surface area contributed by atoms with Crippen molar-refractivity contribution in [2.45, 2.75) is 18.7 Å². The molecule has 1 aromatic rings. The highest BCUT2D eigenvalue weighted by molar-refractivity contribution is 8.00. The molecule has 0 aliphatic carbocycles. The van der Waals surface area contributed by atoms with E-state index in [1.807, 2.05) is 11.8 Å². The molecule has 1 saturated heterocycles. The first kappa shape index (κ1) is 12.8. The summed E-state index contributed by atoms with van der Waals surface area (Å²) in [5.41, 5.74) is 2.63. The molecule has 3 heteroatoms. The summed E-state index contributed by atoms with van der Waals surface area (Å²) in [5.74, 6) is 2.01. The molecular weight excluding hydrogens is 228 g/mol. The Labute approximate surface area is 109 Å². The summed E-state index contributed by atoms with van der Waals surface area (Å²) < 4.78 is 0. The van der Waals surface area contributed by atoms with Crippen molar-refractivity contribution in [3.05, 3.63) is 29.8 Å².